The number of nitrogens with zero attached hydrogens (tertiary/aromatic N) is 2. The molecule has 0 bridgehead atoms. The predicted molar refractivity (Wildman–Crippen MR) is 91.6 cm³/mol. The summed E-state index contributed by atoms with van der Waals surface area (Å²) in [5, 5.41) is 0. The fourth-order valence-electron chi connectivity index (χ4n) is 3.20. The van der Waals surface area contributed by atoms with Crippen LogP contribution in [0.2, 0.25) is 0 Å². The van der Waals surface area contributed by atoms with Gasteiger partial charge in [-0.25, -0.2) is 0 Å². The molecule has 0 aromatic heterocycles. The van der Waals surface area contributed by atoms with Crippen molar-refractivity contribution in [1.29, 1.82) is 0 Å². The first kappa shape index (κ1) is 14.9. The molecule has 3 rings (SSSR count). The third kappa shape index (κ3) is 2.46. The van der Waals surface area contributed by atoms with Crippen LogP contribution < -0.4 is 0 Å². The van der Waals surface area contributed by atoms with Crippen LogP contribution in [0.25, 0.3) is 0 Å². The van der Waals surface area contributed by atoms with E-state index in [1.807, 2.05) is 6.92 Å². The molecule has 112 valence electrons. The van der Waals surface area contributed by atoms with Crippen molar-refractivity contribution in [2.75, 3.05) is 13.1 Å². The number of thioether (sulfide) groups is 1. The fourth-order valence-corrected chi connectivity index (χ4v) is 4.64. The summed E-state index contributed by atoms with van der Waals surface area (Å²) in [5.74, 6) is 0.0606. The number of carbonyl (C=O) groups excluding carboxylic acids is 1. The van der Waals surface area contributed by atoms with Crippen LogP contribution >= 0.6 is 24.0 Å². The molecular weight excluding hydrogens is 300 g/mol. The van der Waals surface area contributed by atoms with Gasteiger partial charge in [0, 0.05) is 18.8 Å². The third-order valence-electron chi connectivity index (χ3n) is 4.25. The summed E-state index contributed by atoms with van der Waals surface area (Å²) >= 11 is 6.78. The molecule has 2 heterocycles. The summed E-state index contributed by atoms with van der Waals surface area (Å²) in [7, 11) is 0. The summed E-state index contributed by atoms with van der Waals surface area (Å²) in [5.41, 5.74) is 3.88. The minimum atomic E-state index is 0.0606. The highest BCUT2D eigenvalue weighted by molar-refractivity contribution is 8.26. The van der Waals surface area contributed by atoms with Crippen molar-refractivity contribution in [2.45, 2.75) is 39.5 Å². The Morgan fingerprint density at radius 3 is 2.52 bits per heavy atom. The highest BCUT2D eigenvalue weighted by Crippen LogP contribution is 2.40. The van der Waals surface area contributed by atoms with Crippen LogP contribution in [0, 0.1) is 0 Å². The van der Waals surface area contributed by atoms with Gasteiger partial charge in [0.1, 0.15) is 9.23 Å². The van der Waals surface area contributed by atoms with E-state index in [0.717, 1.165) is 30.0 Å². The lowest BCUT2D eigenvalue weighted by Crippen LogP contribution is -2.30. The largest absolute Gasteiger partial charge is 0.344 e. The third-order valence-corrected chi connectivity index (χ3v) is 5.71. The molecule has 1 aliphatic carbocycles. The van der Waals surface area contributed by atoms with Crippen LogP contribution in [0.15, 0.2) is 34.0 Å². The lowest BCUT2D eigenvalue weighted by molar-refractivity contribution is -0.122. The molecule has 3 aliphatic rings. The van der Waals surface area contributed by atoms with Gasteiger partial charge < -0.3 is 4.90 Å². The smallest absolute Gasteiger partial charge is 0.268 e. The van der Waals surface area contributed by atoms with Gasteiger partial charge in [-0.15, -0.1) is 0 Å². The van der Waals surface area contributed by atoms with Crippen molar-refractivity contribution in [3.63, 3.8) is 0 Å². The molecule has 1 amide bonds. The molecule has 5 heteroatoms. The number of carbonyl (C=O) groups is 1. The number of likely N-dealkylation sites (N-methyl/N-ethyl adjacent to an activating group) is 2. The Hall–Kier alpha value is -1.07. The maximum atomic E-state index is 12.6. The van der Waals surface area contributed by atoms with Gasteiger partial charge in [0.15, 0.2) is 0 Å². The lowest BCUT2D eigenvalue weighted by atomic mass is 9.92. The number of thiocarbonyl (C=S) groups is 1. The Labute approximate surface area is 135 Å². The summed E-state index contributed by atoms with van der Waals surface area (Å²) in [6.45, 7) is 5.66. The maximum Gasteiger partial charge on any atom is 0.268 e. The van der Waals surface area contributed by atoms with Gasteiger partial charge in [0.05, 0.1) is 5.70 Å². The van der Waals surface area contributed by atoms with Gasteiger partial charge in [-0.1, -0.05) is 30.1 Å². The average Bonchev–Trinajstić information content (AvgIpc) is 2.80. The molecule has 1 fully saturated rings. The molecule has 0 radical (unpaired) electrons. The quantitative estimate of drug-likeness (QED) is 0.570. The average molecular weight is 320 g/mol. The number of hydrogen-bond donors (Lipinski definition) is 0. The molecule has 0 atom stereocenters. The van der Waals surface area contributed by atoms with E-state index >= 15 is 0 Å². The standard InChI is InChI=1S/C16H20N2OS2/c1-3-17-12-8-6-5-7-11(12)9-10-13(17)14-15(19)18(4-2)16(20)21-14/h9-10H,3-8H2,1-2H3/b14-13-. The molecule has 3 nitrogen and oxygen atoms in total. The SMILES string of the molecule is CCN1C(=O)/C(=C2\C=CC3=C(CCCC3)N2CC)SC1=S. The van der Waals surface area contributed by atoms with E-state index in [1.54, 1.807) is 4.90 Å². The predicted octanol–water partition coefficient (Wildman–Crippen LogP) is 3.80. The number of rotatable bonds is 2. The monoisotopic (exact) mass is 320 g/mol. The molecule has 0 unspecified atom stereocenters. The highest BCUT2D eigenvalue weighted by atomic mass is 32.2. The van der Waals surface area contributed by atoms with E-state index in [-0.39, 0.29) is 5.91 Å². The van der Waals surface area contributed by atoms with Crippen LogP contribution in [-0.2, 0) is 4.79 Å². The highest BCUT2D eigenvalue weighted by Gasteiger charge is 2.35. The first-order valence-corrected chi connectivity index (χ1v) is 8.85. The lowest BCUT2D eigenvalue weighted by Gasteiger charge is -2.35. The molecular formula is C16H20N2OS2. The molecule has 21 heavy (non-hydrogen) atoms. The molecule has 0 aromatic rings. The van der Waals surface area contributed by atoms with Crippen molar-refractivity contribution < 1.29 is 4.79 Å². The number of allylic oxidation sites excluding steroid dienone is 4. The van der Waals surface area contributed by atoms with Crippen LogP contribution in [-0.4, -0.2) is 33.1 Å². The zero-order chi connectivity index (χ0) is 15.0. The first-order valence-electron chi connectivity index (χ1n) is 7.63. The summed E-state index contributed by atoms with van der Waals surface area (Å²) in [6, 6.07) is 0. The summed E-state index contributed by atoms with van der Waals surface area (Å²) in [6.07, 6.45) is 9.10. The first-order chi connectivity index (χ1) is 10.2. The Kier molecular flexibility index (Phi) is 4.22. The van der Waals surface area contributed by atoms with Gasteiger partial charge in [-0.05, 0) is 51.2 Å². The molecule has 0 saturated carbocycles. The molecule has 0 N–H and O–H groups in total. The second kappa shape index (κ2) is 5.97. The summed E-state index contributed by atoms with van der Waals surface area (Å²) < 4.78 is 0.679. The Bertz CT molecular complexity index is 589. The Morgan fingerprint density at radius 1 is 1.14 bits per heavy atom. The zero-order valence-electron chi connectivity index (χ0n) is 12.5. The van der Waals surface area contributed by atoms with Gasteiger partial charge in [-0.3, -0.25) is 9.69 Å². The molecule has 0 aromatic carbocycles. The second-order valence-electron chi connectivity index (χ2n) is 5.39. The van der Waals surface area contributed by atoms with Crippen molar-refractivity contribution in [3.8, 4) is 0 Å². The zero-order valence-corrected chi connectivity index (χ0v) is 14.1. The maximum absolute atomic E-state index is 12.6. The van der Waals surface area contributed by atoms with E-state index in [0.29, 0.717) is 10.9 Å². The van der Waals surface area contributed by atoms with Crippen LogP contribution in [0.4, 0.5) is 0 Å². The van der Waals surface area contributed by atoms with Gasteiger partial charge in [-0.2, -0.15) is 0 Å². The van der Waals surface area contributed by atoms with Crippen LogP contribution in [0.3, 0.4) is 0 Å². The van der Waals surface area contributed by atoms with Crippen molar-refractivity contribution >= 4 is 34.2 Å². The Balaban J connectivity index is 2.02. The number of amides is 1. The van der Waals surface area contributed by atoms with Gasteiger partial charge in [0.2, 0.25) is 0 Å². The molecule has 1 saturated heterocycles. The van der Waals surface area contributed by atoms with Crippen molar-refractivity contribution in [2.24, 2.45) is 0 Å². The summed E-state index contributed by atoms with van der Waals surface area (Å²) in [4.78, 5) is 17.3. The number of hydrogen-bond acceptors (Lipinski definition) is 4. The normalized spacial score (nSPS) is 26.0. The van der Waals surface area contributed by atoms with E-state index in [2.05, 4.69) is 24.0 Å². The molecule has 2 aliphatic heterocycles. The minimum Gasteiger partial charge on any atom is -0.344 e. The van der Waals surface area contributed by atoms with Gasteiger partial charge in [0.25, 0.3) is 5.91 Å². The van der Waals surface area contributed by atoms with Crippen LogP contribution in [0.5, 0.6) is 0 Å². The van der Waals surface area contributed by atoms with E-state index in [9.17, 15) is 4.79 Å². The Morgan fingerprint density at radius 2 is 1.86 bits per heavy atom. The van der Waals surface area contributed by atoms with Crippen LogP contribution in [0.1, 0.15) is 39.5 Å². The van der Waals surface area contributed by atoms with Crippen molar-refractivity contribution in [3.05, 3.63) is 34.0 Å². The van der Waals surface area contributed by atoms with Crippen molar-refractivity contribution in [1.82, 2.24) is 9.80 Å². The van der Waals surface area contributed by atoms with E-state index < -0.39 is 0 Å². The van der Waals surface area contributed by atoms with E-state index in [4.69, 9.17) is 12.2 Å². The second-order valence-corrected chi connectivity index (χ2v) is 7.03. The van der Waals surface area contributed by atoms with Gasteiger partial charge >= 0.3 is 0 Å². The fraction of sp³-hybridized carbons (Fsp3) is 0.500. The topological polar surface area (TPSA) is 23.6 Å². The van der Waals surface area contributed by atoms with E-state index in [1.165, 1.54) is 35.9 Å². The molecule has 0 spiro atoms. The minimum absolute atomic E-state index is 0.0606.